The minimum absolute atomic E-state index is 0.198. The Morgan fingerprint density at radius 1 is 1.26 bits per heavy atom. The van der Waals surface area contributed by atoms with Gasteiger partial charge in [0.05, 0.1) is 19.0 Å². The largest absolute Gasteiger partial charge is 0.462 e. The summed E-state index contributed by atoms with van der Waals surface area (Å²) in [4.78, 5) is 24.9. The fourth-order valence-electron chi connectivity index (χ4n) is 4.06. The van der Waals surface area contributed by atoms with Gasteiger partial charge < -0.3 is 24.4 Å². The molecule has 0 aliphatic carbocycles. The average molecular weight is 567 g/mol. The molecule has 1 aromatic carbocycles. The predicted molar refractivity (Wildman–Crippen MR) is 139 cm³/mol. The number of benzene rings is 1. The van der Waals surface area contributed by atoms with Gasteiger partial charge in [-0.05, 0) is 39.8 Å². The third-order valence-electron chi connectivity index (χ3n) is 6.00. The van der Waals surface area contributed by atoms with E-state index < -0.39 is 56.6 Å². The summed E-state index contributed by atoms with van der Waals surface area (Å²) in [6.45, 7) is 5.44. The lowest BCUT2D eigenvalue weighted by Gasteiger charge is -2.25. The summed E-state index contributed by atoms with van der Waals surface area (Å²) in [7, 11) is -2.59. The summed E-state index contributed by atoms with van der Waals surface area (Å²) in [5, 5.41) is 16.3. The van der Waals surface area contributed by atoms with Crippen LogP contribution in [0.4, 0.5) is 10.2 Å². The lowest BCUT2D eigenvalue weighted by Crippen LogP contribution is -2.41. The molecule has 3 unspecified atom stereocenters. The number of ether oxygens (including phenoxy) is 2. The van der Waals surface area contributed by atoms with Gasteiger partial charge in [-0.2, -0.15) is 5.09 Å². The molecule has 3 N–H and O–H groups in total. The monoisotopic (exact) mass is 566 g/mol. The van der Waals surface area contributed by atoms with Gasteiger partial charge in [0.2, 0.25) is 0 Å². The van der Waals surface area contributed by atoms with Crippen molar-refractivity contribution in [2.45, 2.75) is 63.9 Å². The quantitative estimate of drug-likeness (QED) is 0.230. The van der Waals surface area contributed by atoms with Crippen LogP contribution in [0.3, 0.4) is 0 Å². The van der Waals surface area contributed by atoms with Gasteiger partial charge in [-0.1, -0.05) is 18.2 Å². The maximum Gasteiger partial charge on any atom is 0.459 e. The average Bonchev–Trinajstić information content (AvgIpc) is 3.41. The molecule has 2 aromatic heterocycles. The van der Waals surface area contributed by atoms with E-state index in [4.69, 9.17) is 18.5 Å². The topological polar surface area (TPSA) is 159 Å². The number of para-hydroxylation sites is 1. The summed E-state index contributed by atoms with van der Waals surface area (Å²) in [5.41, 5.74) is -1.63. The number of carbonyl (C=O) groups is 1. The van der Waals surface area contributed by atoms with Gasteiger partial charge >= 0.3 is 13.7 Å². The Hall–Kier alpha value is -3.16. The van der Waals surface area contributed by atoms with Crippen LogP contribution in [-0.2, 0) is 23.4 Å². The Morgan fingerprint density at radius 2 is 1.97 bits per heavy atom. The van der Waals surface area contributed by atoms with Crippen molar-refractivity contribution in [1.29, 1.82) is 0 Å². The highest BCUT2D eigenvalue weighted by molar-refractivity contribution is 7.52. The number of aromatic nitrogens is 4. The van der Waals surface area contributed by atoms with E-state index in [-0.39, 0.29) is 11.4 Å². The Bertz CT molecular complexity index is 1340. The number of hydrogen-bond donors (Lipinski definition) is 3. The van der Waals surface area contributed by atoms with E-state index in [1.54, 1.807) is 51.2 Å². The lowest BCUT2D eigenvalue weighted by atomic mass is 9.98. The van der Waals surface area contributed by atoms with E-state index >= 15 is 4.39 Å². The second-order valence-electron chi connectivity index (χ2n) is 9.45. The van der Waals surface area contributed by atoms with Crippen LogP contribution in [0.2, 0.25) is 0 Å². The number of rotatable bonds is 11. The fraction of sp³-hybridized carbons (Fsp3) is 0.500. The first-order valence-electron chi connectivity index (χ1n) is 12.3. The molecule has 0 saturated carbocycles. The second kappa shape index (κ2) is 11.5. The molecule has 6 atom stereocenters. The van der Waals surface area contributed by atoms with Crippen molar-refractivity contribution in [3.8, 4) is 5.75 Å². The highest BCUT2D eigenvalue weighted by Gasteiger charge is 2.56. The van der Waals surface area contributed by atoms with Gasteiger partial charge in [0.1, 0.15) is 35.8 Å². The van der Waals surface area contributed by atoms with Crippen LogP contribution in [0.1, 0.15) is 33.9 Å². The Morgan fingerprint density at radius 3 is 2.64 bits per heavy atom. The van der Waals surface area contributed by atoms with E-state index in [1.807, 2.05) is 0 Å². The molecule has 1 aliphatic rings. The number of nitrogens with one attached hydrogen (secondary N) is 2. The van der Waals surface area contributed by atoms with Crippen LogP contribution in [0.15, 0.2) is 43.0 Å². The van der Waals surface area contributed by atoms with E-state index in [2.05, 4.69) is 25.4 Å². The van der Waals surface area contributed by atoms with Crippen LogP contribution < -0.4 is 14.9 Å². The molecular formula is C24H32FN6O7P. The Kier molecular flexibility index (Phi) is 8.52. The number of anilines is 1. The van der Waals surface area contributed by atoms with Crippen molar-refractivity contribution in [2.75, 3.05) is 19.0 Å². The molecule has 39 heavy (non-hydrogen) atoms. The normalized spacial score (nSPS) is 25.4. The van der Waals surface area contributed by atoms with Crippen LogP contribution >= 0.6 is 7.75 Å². The number of fused-ring (bicyclic) bond motifs is 1. The standard InChI is InChI=1S/C24H32FN6O7P/c1-14(2)36-22(33)15(3)30-39(34,38-16-9-7-6-8-10-16)35-11-17-19(32)24(4,25)23(37-17)31-13-29-18-20(26-5)27-12-28-21(18)31/h6-10,12-15,17,19,23,32H,11H2,1-5H3,(H,30,34)(H,26,27,28)/t15?,17?,19-,23-,24-,39?/m1/s1. The number of aliphatic hydroxyl groups excluding tert-OH is 1. The van der Waals surface area contributed by atoms with Crippen molar-refractivity contribution < 1.29 is 37.4 Å². The number of imidazole rings is 1. The molecule has 1 aliphatic heterocycles. The SMILES string of the molecule is CNc1ncnc2c1ncn2[C@@H]1OC(COP(=O)(NC(C)C(=O)OC(C)C)Oc2ccccc2)[C@@H](O)[C@@]1(C)F. The number of esters is 1. The maximum atomic E-state index is 15.9. The molecule has 212 valence electrons. The molecule has 3 heterocycles. The van der Waals surface area contributed by atoms with Gasteiger partial charge in [-0.3, -0.25) is 13.9 Å². The number of carbonyl (C=O) groups excluding carboxylic acids is 1. The minimum Gasteiger partial charge on any atom is -0.462 e. The number of alkyl halides is 1. The van der Waals surface area contributed by atoms with E-state index in [1.165, 1.54) is 31.1 Å². The van der Waals surface area contributed by atoms with Crippen molar-refractivity contribution in [1.82, 2.24) is 24.6 Å². The highest BCUT2D eigenvalue weighted by atomic mass is 31.2. The second-order valence-corrected chi connectivity index (χ2v) is 11.1. The molecule has 1 saturated heterocycles. The van der Waals surface area contributed by atoms with Gasteiger partial charge in [-0.25, -0.2) is 23.9 Å². The van der Waals surface area contributed by atoms with Crippen molar-refractivity contribution in [2.24, 2.45) is 0 Å². The summed E-state index contributed by atoms with van der Waals surface area (Å²) in [5.74, 6) is -0.0364. The van der Waals surface area contributed by atoms with Crippen molar-refractivity contribution in [3.63, 3.8) is 0 Å². The zero-order valence-electron chi connectivity index (χ0n) is 22.1. The first-order chi connectivity index (χ1) is 18.4. The molecular weight excluding hydrogens is 534 g/mol. The smallest absolute Gasteiger partial charge is 0.459 e. The fourth-order valence-corrected chi connectivity index (χ4v) is 5.57. The van der Waals surface area contributed by atoms with E-state index in [0.29, 0.717) is 11.3 Å². The molecule has 3 aromatic rings. The van der Waals surface area contributed by atoms with Gasteiger partial charge in [-0.15, -0.1) is 0 Å². The first kappa shape index (κ1) is 28.8. The summed E-state index contributed by atoms with van der Waals surface area (Å²) >= 11 is 0. The molecule has 4 rings (SSSR count). The van der Waals surface area contributed by atoms with Crippen LogP contribution in [-0.4, -0.2) is 74.3 Å². The number of hydrogen-bond acceptors (Lipinski definition) is 11. The minimum atomic E-state index is -4.26. The molecule has 1 fully saturated rings. The summed E-state index contributed by atoms with van der Waals surface area (Å²) < 4.78 is 53.2. The number of halogens is 1. The Balaban J connectivity index is 1.54. The third-order valence-corrected chi connectivity index (χ3v) is 7.64. The third kappa shape index (κ3) is 6.20. The van der Waals surface area contributed by atoms with E-state index in [9.17, 15) is 14.5 Å². The van der Waals surface area contributed by atoms with Gasteiger partial charge in [0.25, 0.3) is 0 Å². The van der Waals surface area contributed by atoms with Crippen LogP contribution in [0.25, 0.3) is 11.2 Å². The van der Waals surface area contributed by atoms with Crippen LogP contribution in [0.5, 0.6) is 5.75 Å². The number of nitrogens with zero attached hydrogens (tertiary/aromatic N) is 4. The zero-order chi connectivity index (χ0) is 28.4. The maximum absolute atomic E-state index is 15.9. The zero-order valence-corrected chi connectivity index (χ0v) is 23.0. The van der Waals surface area contributed by atoms with Crippen LogP contribution in [0, 0.1) is 0 Å². The van der Waals surface area contributed by atoms with E-state index in [0.717, 1.165) is 0 Å². The summed E-state index contributed by atoms with van der Waals surface area (Å²) in [6.07, 6.45) is -2.05. The van der Waals surface area contributed by atoms with Gasteiger partial charge in [0.15, 0.2) is 23.4 Å². The molecule has 0 amide bonds. The highest BCUT2D eigenvalue weighted by Crippen LogP contribution is 2.48. The predicted octanol–water partition coefficient (Wildman–Crippen LogP) is 2.99. The molecule has 0 radical (unpaired) electrons. The first-order valence-corrected chi connectivity index (χ1v) is 13.8. The molecule has 15 heteroatoms. The molecule has 0 bridgehead atoms. The number of aliphatic hydroxyl groups is 1. The van der Waals surface area contributed by atoms with Crippen molar-refractivity contribution in [3.05, 3.63) is 43.0 Å². The molecule has 0 spiro atoms. The Labute approximate surface area is 224 Å². The van der Waals surface area contributed by atoms with Gasteiger partial charge in [0, 0.05) is 7.05 Å². The molecule has 13 nitrogen and oxygen atoms in total. The van der Waals surface area contributed by atoms with Crippen molar-refractivity contribution >= 4 is 30.7 Å². The summed E-state index contributed by atoms with van der Waals surface area (Å²) in [6, 6.07) is 7.10. The lowest BCUT2D eigenvalue weighted by molar-refractivity contribution is -0.149.